The molecule has 0 aliphatic heterocycles. The van der Waals surface area contributed by atoms with Crippen LogP contribution in [-0.2, 0) is 9.57 Å². The molecule has 5 nitrogen and oxygen atoms in total. The van der Waals surface area contributed by atoms with Gasteiger partial charge in [0.1, 0.15) is 12.7 Å². The van der Waals surface area contributed by atoms with Gasteiger partial charge in [-0.05, 0) is 12.1 Å². The Bertz CT molecular complexity index is 414. The number of ether oxygens (including phenoxy) is 1. The Morgan fingerprint density at radius 2 is 2.17 bits per heavy atom. The van der Waals surface area contributed by atoms with Crippen molar-refractivity contribution in [3.8, 4) is 0 Å². The van der Waals surface area contributed by atoms with Crippen LogP contribution in [0.15, 0.2) is 18.2 Å². The number of methoxy groups -OCH3 is 1. The molecule has 1 aromatic rings. The number of aliphatic hydroxyl groups excluding tert-OH is 1. The largest absolute Gasteiger partial charge is 0.388 e. The van der Waals surface area contributed by atoms with Crippen LogP contribution >= 0.6 is 0 Å². The van der Waals surface area contributed by atoms with Gasteiger partial charge < -0.3 is 9.84 Å². The molecule has 1 aromatic carbocycles. The van der Waals surface area contributed by atoms with Gasteiger partial charge in [0.25, 0.3) is 5.91 Å². The monoisotopic (exact) mass is 261 g/mol. The molecular weight excluding hydrogens is 248 g/mol. The summed E-state index contributed by atoms with van der Waals surface area (Å²) in [6.07, 6.45) is -0.923. The lowest BCUT2D eigenvalue weighted by molar-refractivity contribution is -0.0366. The number of hydrogen-bond donors (Lipinski definition) is 2. The summed E-state index contributed by atoms with van der Waals surface area (Å²) >= 11 is 0. The Kier molecular flexibility index (Phi) is 5.63. The Balaban J connectivity index is 2.48. The molecule has 0 heterocycles. The molecule has 1 rings (SSSR count). The van der Waals surface area contributed by atoms with E-state index in [1.54, 1.807) is 0 Å². The van der Waals surface area contributed by atoms with E-state index in [2.05, 4.69) is 9.57 Å². The summed E-state index contributed by atoms with van der Waals surface area (Å²) in [4.78, 5) is 16.0. The minimum Gasteiger partial charge on any atom is -0.388 e. The van der Waals surface area contributed by atoms with E-state index in [9.17, 15) is 18.7 Å². The second kappa shape index (κ2) is 7.00. The maximum absolute atomic E-state index is 13.2. The smallest absolute Gasteiger partial charge is 0.277 e. The number of aliphatic hydroxyl groups is 1. The van der Waals surface area contributed by atoms with E-state index in [1.807, 2.05) is 5.48 Å². The first-order chi connectivity index (χ1) is 8.56. The molecule has 18 heavy (non-hydrogen) atoms. The summed E-state index contributed by atoms with van der Waals surface area (Å²) in [5.41, 5.74) is 1.42. The van der Waals surface area contributed by atoms with Crippen molar-refractivity contribution in [1.82, 2.24) is 5.48 Å². The minimum atomic E-state index is -1.25. The Morgan fingerprint density at radius 3 is 2.83 bits per heavy atom. The first-order valence-electron chi connectivity index (χ1n) is 5.09. The topological polar surface area (TPSA) is 67.8 Å². The minimum absolute atomic E-state index is 0.0319. The van der Waals surface area contributed by atoms with Gasteiger partial charge >= 0.3 is 0 Å². The molecule has 1 unspecified atom stereocenters. The van der Waals surface area contributed by atoms with Crippen molar-refractivity contribution in [2.75, 3.05) is 20.3 Å². The van der Waals surface area contributed by atoms with E-state index in [-0.39, 0.29) is 13.2 Å². The van der Waals surface area contributed by atoms with E-state index in [4.69, 9.17) is 0 Å². The highest BCUT2D eigenvalue weighted by molar-refractivity contribution is 5.93. The van der Waals surface area contributed by atoms with Crippen LogP contribution < -0.4 is 5.48 Å². The summed E-state index contributed by atoms with van der Waals surface area (Å²) < 4.78 is 30.7. The molecular formula is C11H13F2NO4. The highest BCUT2D eigenvalue weighted by atomic mass is 19.2. The lowest BCUT2D eigenvalue weighted by atomic mass is 10.2. The first-order valence-corrected chi connectivity index (χ1v) is 5.09. The van der Waals surface area contributed by atoms with Gasteiger partial charge in [0.15, 0.2) is 11.6 Å². The Hall–Kier alpha value is -1.57. The molecule has 0 spiro atoms. The SMILES string of the molecule is COCC(O)CONC(=O)c1cccc(F)c1F. The Labute approximate surface area is 102 Å². The van der Waals surface area contributed by atoms with Crippen LogP contribution in [0.1, 0.15) is 10.4 Å². The van der Waals surface area contributed by atoms with Crippen molar-refractivity contribution in [2.24, 2.45) is 0 Å². The fourth-order valence-corrected chi connectivity index (χ4v) is 1.18. The molecule has 0 aliphatic carbocycles. The molecule has 100 valence electrons. The summed E-state index contributed by atoms with van der Waals surface area (Å²) in [5.74, 6) is -3.31. The highest BCUT2D eigenvalue weighted by Crippen LogP contribution is 2.10. The van der Waals surface area contributed by atoms with Crippen LogP contribution in [0.5, 0.6) is 0 Å². The fraction of sp³-hybridized carbons (Fsp3) is 0.364. The number of hydroxylamine groups is 1. The zero-order valence-electron chi connectivity index (χ0n) is 9.65. The second-order valence-electron chi connectivity index (χ2n) is 3.45. The zero-order valence-corrected chi connectivity index (χ0v) is 9.65. The lowest BCUT2D eigenvalue weighted by Crippen LogP contribution is -2.30. The van der Waals surface area contributed by atoms with Gasteiger partial charge in [-0.25, -0.2) is 14.3 Å². The number of rotatable bonds is 6. The number of hydrogen-bond acceptors (Lipinski definition) is 4. The molecule has 0 aromatic heterocycles. The molecule has 0 fully saturated rings. The van der Waals surface area contributed by atoms with E-state index < -0.39 is 29.2 Å². The standard InChI is InChI=1S/C11H13F2NO4/c1-17-5-7(15)6-18-14-11(16)8-3-2-4-9(12)10(8)13/h2-4,7,15H,5-6H2,1H3,(H,14,16). The van der Waals surface area contributed by atoms with Crippen molar-refractivity contribution in [2.45, 2.75) is 6.10 Å². The quantitative estimate of drug-likeness (QED) is 0.737. The van der Waals surface area contributed by atoms with Gasteiger partial charge in [-0.3, -0.25) is 9.63 Å². The first kappa shape index (κ1) is 14.5. The number of carbonyl (C=O) groups excluding carboxylic acids is 1. The fourth-order valence-electron chi connectivity index (χ4n) is 1.18. The van der Waals surface area contributed by atoms with Crippen LogP contribution in [0.3, 0.4) is 0 Å². The number of carbonyl (C=O) groups is 1. The van der Waals surface area contributed by atoms with Crippen LogP contribution in [0, 0.1) is 11.6 Å². The Morgan fingerprint density at radius 1 is 1.44 bits per heavy atom. The third-order valence-corrected chi connectivity index (χ3v) is 2.00. The van der Waals surface area contributed by atoms with Gasteiger partial charge in [-0.2, -0.15) is 0 Å². The normalized spacial score (nSPS) is 12.2. The molecule has 0 saturated carbocycles. The molecule has 7 heteroatoms. The van der Waals surface area contributed by atoms with Gasteiger partial charge in [0.2, 0.25) is 0 Å². The molecule has 2 N–H and O–H groups in total. The number of halogens is 2. The summed E-state index contributed by atoms with van der Waals surface area (Å²) in [6, 6.07) is 3.21. The van der Waals surface area contributed by atoms with Crippen molar-refractivity contribution >= 4 is 5.91 Å². The number of amides is 1. The highest BCUT2D eigenvalue weighted by Gasteiger charge is 2.15. The van der Waals surface area contributed by atoms with Crippen LogP contribution in [-0.4, -0.2) is 37.4 Å². The van der Waals surface area contributed by atoms with E-state index in [0.29, 0.717) is 0 Å². The second-order valence-corrected chi connectivity index (χ2v) is 3.45. The average Bonchev–Trinajstić information content (AvgIpc) is 2.33. The molecule has 1 amide bonds. The summed E-state index contributed by atoms with van der Waals surface area (Å²) in [7, 11) is 1.39. The van der Waals surface area contributed by atoms with E-state index >= 15 is 0 Å². The predicted octanol–water partition coefficient (Wildman–Crippen LogP) is 0.634. The third-order valence-electron chi connectivity index (χ3n) is 2.00. The van der Waals surface area contributed by atoms with Crippen LogP contribution in [0.4, 0.5) is 8.78 Å². The average molecular weight is 261 g/mol. The maximum atomic E-state index is 13.2. The van der Waals surface area contributed by atoms with Gasteiger partial charge in [0.05, 0.1) is 12.2 Å². The molecule has 1 atom stereocenters. The van der Waals surface area contributed by atoms with Gasteiger partial charge in [-0.15, -0.1) is 0 Å². The predicted molar refractivity (Wildman–Crippen MR) is 57.7 cm³/mol. The van der Waals surface area contributed by atoms with Crippen molar-refractivity contribution < 1.29 is 28.3 Å². The van der Waals surface area contributed by atoms with Crippen LogP contribution in [0.25, 0.3) is 0 Å². The third kappa shape index (κ3) is 4.02. The van der Waals surface area contributed by atoms with Crippen molar-refractivity contribution in [1.29, 1.82) is 0 Å². The van der Waals surface area contributed by atoms with Gasteiger partial charge in [0, 0.05) is 7.11 Å². The van der Waals surface area contributed by atoms with E-state index in [1.165, 1.54) is 13.2 Å². The molecule has 0 aliphatic rings. The van der Waals surface area contributed by atoms with Crippen molar-refractivity contribution in [3.63, 3.8) is 0 Å². The molecule has 0 saturated heterocycles. The number of benzene rings is 1. The molecule has 0 bridgehead atoms. The summed E-state index contributed by atoms with van der Waals surface area (Å²) in [6.45, 7) is -0.194. The summed E-state index contributed by atoms with van der Waals surface area (Å²) in [5, 5.41) is 9.20. The maximum Gasteiger partial charge on any atom is 0.277 e. The molecule has 0 radical (unpaired) electrons. The van der Waals surface area contributed by atoms with Crippen LogP contribution in [0.2, 0.25) is 0 Å². The lowest BCUT2D eigenvalue weighted by Gasteiger charge is -2.10. The van der Waals surface area contributed by atoms with Gasteiger partial charge in [-0.1, -0.05) is 6.07 Å². The number of nitrogens with one attached hydrogen (secondary N) is 1. The van der Waals surface area contributed by atoms with Crippen molar-refractivity contribution in [3.05, 3.63) is 35.4 Å². The van der Waals surface area contributed by atoms with E-state index in [0.717, 1.165) is 12.1 Å². The zero-order chi connectivity index (χ0) is 13.5.